The monoisotopic (exact) mass is 319 g/mol. The molecule has 2 aromatic rings. The number of nitrogens with two attached hydrogens (primary N) is 1. The smallest absolute Gasteiger partial charge is 0.341 e. The van der Waals surface area contributed by atoms with Crippen LogP contribution < -0.4 is 16.0 Å². The molecular weight excluding hydrogens is 302 g/mol. The van der Waals surface area contributed by atoms with Crippen LogP contribution in [0.4, 0.5) is 5.95 Å². The van der Waals surface area contributed by atoms with Gasteiger partial charge in [-0.05, 0) is 24.6 Å². The fourth-order valence-corrected chi connectivity index (χ4v) is 2.10. The van der Waals surface area contributed by atoms with Gasteiger partial charge in [-0.3, -0.25) is 9.78 Å². The van der Waals surface area contributed by atoms with Crippen LogP contribution in [0.5, 0.6) is 11.6 Å². The number of hydrogen-bond donors (Lipinski definition) is 3. The average molecular weight is 319 g/mol. The van der Waals surface area contributed by atoms with Gasteiger partial charge in [0.1, 0.15) is 11.3 Å². The lowest BCUT2D eigenvalue weighted by Gasteiger charge is -2.11. The Hall–Kier alpha value is -3.03. The van der Waals surface area contributed by atoms with Crippen molar-refractivity contribution >= 4 is 11.9 Å². The number of ether oxygens (including phenoxy) is 2. The number of nitrogens with one attached hydrogen (secondary N) is 1. The molecule has 1 aromatic carbocycles. The summed E-state index contributed by atoms with van der Waals surface area (Å²) in [5, 5.41) is 9.77. The molecule has 8 heteroatoms. The number of rotatable bonds is 5. The number of esters is 1. The highest BCUT2D eigenvalue weighted by molar-refractivity contribution is 5.92. The second kappa shape index (κ2) is 6.82. The zero-order valence-corrected chi connectivity index (χ0v) is 12.8. The van der Waals surface area contributed by atoms with Crippen LogP contribution in [0.1, 0.15) is 28.4 Å². The summed E-state index contributed by atoms with van der Waals surface area (Å²) in [5.74, 6) is -0.779. The SMILES string of the molecule is CCOc1ccc(Cc2c(O)nc(N)[nH]c2=O)cc1C(=O)OC. The fraction of sp³-hybridized carbons (Fsp3) is 0.267. The zero-order chi connectivity index (χ0) is 17.0. The number of aromatic amines is 1. The number of carbonyl (C=O) groups excluding carboxylic acids is 1. The van der Waals surface area contributed by atoms with Crippen LogP contribution in [0.2, 0.25) is 0 Å². The standard InChI is InChI=1S/C15H17N3O5/c1-3-23-11-5-4-8(6-9(11)14(21)22-2)7-10-12(19)17-15(16)18-13(10)20/h4-6H,3,7H2,1-2H3,(H4,16,17,18,19,20). The van der Waals surface area contributed by atoms with E-state index in [-0.39, 0.29) is 23.5 Å². The number of nitrogen functional groups attached to an aromatic ring is 1. The third kappa shape index (κ3) is 3.60. The number of nitrogens with zero attached hydrogens (tertiary/aromatic N) is 1. The van der Waals surface area contributed by atoms with E-state index in [1.54, 1.807) is 25.1 Å². The first kappa shape index (κ1) is 16.3. The third-order valence-electron chi connectivity index (χ3n) is 3.14. The second-order valence-electron chi connectivity index (χ2n) is 4.69. The minimum Gasteiger partial charge on any atom is -0.493 e. The predicted octanol–water partition coefficient (Wildman–Crippen LogP) is 0.834. The van der Waals surface area contributed by atoms with E-state index in [2.05, 4.69) is 9.97 Å². The van der Waals surface area contributed by atoms with Gasteiger partial charge in [-0.25, -0.2) is 4.79 Å². The molecule has 4 N–H and O–H groups in total. The summed E-state index contributed by atoms with van der Waals surface area (Å²) < 4.78 is 10.1. The van der Waals surface area contributed by atoms with Gasteiger partial charge in [0.15, 0.2) is 0 Å². The van der Waals surface area contributed by atoms with Gasteiger partial charge in [-0.1, -0.05) is 6.07 Å². The number of hydrogen-bond acceptors (Lipinski definition) is 7. The molecule has 0 bridgehead atoms. The first-order valence-corrected chi connectivity index (χ1v) is 6.88. The van der Waals surface area contributed by atoms with Gasteiger partial charge >= 0.3 is 5.97 Å². The number of anilines is 1. The van der Waals surface area contributed by atoms with E-state index in [1.807, 2.05) is 0 Å². The first-order chi connectivity index (χ1) is 11.0. The maximum atomic E-state index is 11.9. The van der Waals surface area contributed by atoms with Crippen molar-refractivity contribution < 1.29 is 19.4 Å². The van der Waals surface area contributed by atoms with Crippen LogP contribution in [-0.4, -0.2) is 34.8 Å². The zero-order valence-electron chi connectivity index (χ0n) is 12.8. The van der Waals surface area contributed by atoms with E-state index in [0.29, 0.717) is 17.9 Å². The highest BCUT2D eigenvalue weighted by Crippen LogP contribution is 2.23. The Bertz CT molecular complexity index is 785. The Morgan fingerprint density at radius 1 is 1.43 bits per heavy atom. The Morgan fingerprint density at radius 3 is 2.78 bits per heavy atom. The van der Waals surface area contributed by atoms with E-state index in [0.717, 1.165) is 0 Å². The third-order valence-corrected chi connectivity index (χ3v) is 3.14. The lowest BCUT2D eigenvalue weighted by molar-refractivity contribution is 0.0596. The summed E-state index contributed by atoms with van der Waals surface area (Å²) in [6.07, 6.45) is 0.0743. The molecule has 122 valence electrons. The van der Waals surface area contributed by atoms with Gasteiger partial charge in [0.05, 0.1) is 19.3 Å². The molecule has 1 heterocycles. The summed E-state index contributed by atoms with van der Waals surface area (Å²) in [6.45, 7) is 2.19. The van der Waals surface area contributed by atoms with Crippen molar-refractivity contribution in [3.05, 3.63) is 45.2 Å². The molecule has 0 atom stereocenters. The molecule has 0 saturated carbocycles. The van der Waals surface area contributed by atoms with Gasteiger partial charge < -0.3 is 20.3 Å². The van der Waals surface area contributed by atoms with E-state index in [4.69, 9.17) is 15.2 Å². The molecular formula is C15H17N3O5. The molecule has 0 unspecified atom stereocenters. The van der Waals surface area contributed by atoms with Crippen molar-refractivity contribution in [1.82, 2.24) is 9.97 Å². The van der Waals surface area contributed by atoms with Gasteiger partial charge in [-0.15, -0.1) is 0 Å². The van der Waals surface area contributed by atoms with E-state index < -0.39 is 17.4 Å². The lowest BCUT2D eigenvalue weighted by Crippen LogP contribution is -2.17. The van der Waals surface area contributed by atoms with Gasteiger partial charge in [0.2, 0.25) is 11.8 Å². The average Bonchev–Trinajstić information content (AvgIpc) is 2.51. The van der Waals surface area contributed by atoms with Crippen molar-refractivity contribution in [3.63, 3.8) is 0 Å². The second-order valence-corrected chi connectivity index (χ2v) is 4.69. The van der Waals surface area contributed by atoms with Gasteiger partial charge in [0, 0.05) is 6.42 Å². The van der Waals surface area contributed by atoms with Crippen LogP contribution in [0.3, 0.4) is 0 Å². The Balaban J connectivity index is 2.42. The summed E-state index contributed by atoms with van der Waals surface area (Å²) in [5.41, 5.74) is 5.72. The Morgan fingerprint density at radius 2 is 2.17 bits per heavy atom. The molecule has 0 saturated heterocycles. The quantitative estimate of drug-likeness (QED) is 0.696. The largest absolute Gasteiger partial charge is 0.493 e. The maximum Gasteiger partial charge on any atom is 0.341 e. The summed E-state index contributed by atoms with van der Waals surface area (Å²) in [4.78, 5) is 29.6. The maximum absolute atomic E-state index is 11.9. The molecule has 0 aliphatic carbocycles. The topological polar surface area (TPSA) is 128 Å². The fourth-order valence-electron chi connectivity index (χ4n) is 2.10. The predicted molar refractivity (Wildman–Crippen MR) is 82.7 cm³/mol. The normalized spacial score (nSPS) is 10.3. The number of benzene rings is 1. The molecule has 8 nitrogen and oxygen atoms in total. The van der Waals surface area contributed by atoms with Crippen molar-refractivity contribution in [3.8, 4) is 11.6 Å². The van der Waals surface area contributed by atoms with Crippen LogP contribution in [-0.2, 0) is 11.2 Å². The molecule has 0 aliphatic heterocycles. The molecule has 23 heavy (non-hydrogen) atoms. The van der Waals surface area contributed by atoms with Crippen LogP contribution in [0.15, 0.2) is 23.0 Å². The van der Waals surface area contributed by atoms with Gasteiger partial charge in [0.25, 0.3) is 5.56 Å². The Kier molecular flexibility index (Phi) is 4.85. The number of aromatic hydroxyl groups is 1. The van der Waals surface area contributed by atoms with Crippen LogP contribution in [0.25, 0.3) is 0 Å². The van der Waals surface area contributed by atoms with E-state index >= 15 is 0 Å². The van der Waals surface area contributed by atoms with E-state index in [9.17, 15) is 14.7 Å². The first-order valence-electron chi connectivity index (χ1n) is 6.88. The molecule has 1 aromatic heterocycles. The van der Waals surface area contributed by atoms with Crippen molar-refractivity contribution in [2.24, 2.45) is 0 Å². The molecule has 2 rings (SSSR count). The molecule has 0 amide bonds. The van der Waals surface area contributed by atoms with Crippen molar-refractivity contribution in [2.75, 3.05) is 19.5 Å². The minimum absolute atomic E-state index is 0.0548. The molecule has 0 fully saturated rings. The van der Waals surface area contributed by atoms with Crippen molar-refractivity contribution in [2.45, 2.75) is 13.3 Å². The number of aromatic nitrogens is 2. The number of carbonyl (C=O) groups is 1. The van der Waals surface area contributed by atoms with Crippen LogP contribution >= 0.6 is 0 Å². The van der Waals surface area contributed by atoms with Crippen LogP contribution in [0, 0.1) is 0 Å². The lowest BCUT2D eigenvalue weighted by atomic mass is 10.0. The minimum atomic E-state index is -0.552. The summed E-state index contributed by atoms with van der Waals surface area (Å²) in [6, 6.07) is 4.85. The summed E-state index contributed by atoms with van der Waals surface area (Å²) in [7, 11) is 1.27. The van der Waals surface area contributed by atoms with Crippen molar-refractivity contribution in [1.29, 1.82) is 0 Å². The highest BCUT2D eigenvalue weighted by atomic mass is 16.5. The van der Waals surface area contributed by atoms with Gasteiger partial charge in [-0.2, -0.15) is 4.98 Å². The molecule has 0 spiro atoms. The molecule has 0 radical (unpaired) electrons. The summed E-state index contributed by atoms with van der Waals surface area (Å²) >= 11 is 0. The number of methoxy groups -OCH3 is 1. The molecule has 0 aliphatic rings. The number of H-pyrrole nitrogens is 1. The highest BCUT2D eigenvalue weighted by Gasteiger charge is 2.16. The van der Waals surface area contributed by atoms with E-state index in [1.165, 1.54) is 7.11 Å². The Labute approximate surface area is 131 Å².